The van der Waals surface area contributed by atoms with Crippen molar-refractivity contribution in [3.8, 4) is 0 Å². The summed E-state index contributed by atoms with van der Waals surface area (Å²) in [7, 11) is 0. The molecule has 4 heteroatoms. The molecule has 0 atom stereocenters. The Hall–Kier alpha value is -0.610. The van der Waals surface area contributed by atoms with Crippen LogP contribution in [0.5, 0.6) is 0 Å². The van der Waals surface area contributed by atoms with Crippen LogP contribution >= 0.6 is 0 Å². The van der Waals surface area contributed by atoms with Gasteiger partial charge in [-0.15, -0.1) is 0 Å². The van der Waals surface area contributed by atoms with Crippen LogP contribution in [0.3, 0.4) is 0 Å². The molecule has 0 unspecified atom stereocenters. The van der Waals surface area contributed by atoms with E-state index in [2.05, 4.69) is 6.92 Å². The maximum atomic E-state index is 11.6. The van der Waals surface area contributed by atoms with Gasteiger partial charge in [0.15, 0.2) is 0 Å². The molecule has 0 aliphatic rings. The minimum atomic E-state index is -0.364. The van der Waals surface area contributed by atoms with E-state index in [0.29, 0.717) is 26.1 Å². The molecule has 0 bridgehead atoms. The summed E-state index contributed by atoms with van der Waals surface area (Å²) >= 11 is 0. The van der Waals surface area contributed by atoms with Crippen molar-refractivity contribution < 1.29 is 19.4 Å². The lowest BCUT2D eigenvalue weighted by Gasteiger charge is -2.24. The summed E-state index contributed by atoms with van der Waals surface area (Å²) in [6.07, 6.45) is 15.2. The van der Waals surface area contributed by atoms with Crippen LogP contribution in [0.25, 0.3) is 0 Å². The van der Waals surface area contributed by atoms with Gasteiger partial charge in [-0.3, -0.25) is 4.79 Å². The van der Waals surface area contributed by atoms with Crippen LogP contribution in [0.2, 0.25) is 0 Å². The van der Waals surface area contributed by atoms with Crippen LogP contribution < -0.4 is 0 Å². The smallest absolute Gasteiger partial charge is 0.305 e. The summed E-state index contributed by atoms with van der Waals surface area (Å²) in [5.41, 5.74) is -0.364. The molecule has 0 fully saturated rings. The first kappa shape index (κ1) is 24.4. The van der Waals surface area contributed by atoms with Gasteiger partial charge in [0, 0.05) is 13.0 Å². The number of aliphatic hydroxyl groups excluding tert-OH is 1. The Balaban J connectivity index is 3.31. The summed E-state index contributed by atoms with van der Waals surface area (Å²) in [5, 5.41) is 8.91. The summed E-state index contributed by atoms with van der Waals surface area (Å²) in [6.45, 7) is 6.89. The second-order valence-electron chi connectivity index (χ2n) is 7.59. The summed E-state index contributed by atoms with van der Waals surface area (Å²) < 4.78 is 10.8. The maximum Gasteiger partial charge on any atom is 0.305 e. The zero-order chi connectivity index (χ0) is 18.8. The molecular weight excluding hydrogens is 316 g/mol. The molecule has 4 nitrogen and oxygen atoms in total. The zero-order valence-corrected chi connectivity index (χ0v) is 17.0. The lowest BCUT2D eigenvalue weighted by molar-refractivity contribution is -0.147. The predicted octanol–water partition coefficient (Wildman–Crippen LogP) is 5.41. The standard InChI is InChI=1S/C21H42O4/c1-4-5-6-7-8-9-10-11-12-13-14-15-20(23)24-18-19-25-21(2,3)16-17-22/h22H,4-19H2,1-3H3. The Kier molecular flexibility index (Phi) is 16.4. The van der Waals surface area contributed by atoms with Gasteiger partial charge in [-0.2, -0.15) is 0 Å². The molecule has 1 N–H and O–H groups in total. The Morgan fingerprint density at radius 2 is 1.36 bits per heavy atom. The molecular formula is C21H42O4. The van der Waals surface area contributed by atoms with Crippen LogP contribution in [-0.4, -0.2) is 36.5 Å². The van der Waals surface area contributed by atoms with Crippen LogP contribution in [0.4, 0.5) is 0 Å². The Bertz CT molecular complexity index is 302. The number of rotatable bonds is 18. The molecule has 0 aromatic rings. The first-order valence-corrected chi connectivity index (χ1v) is 10.4. The average Bonchev–Trinajstić information content (AvgIpc) is 2.56. The fourth-order valence-electron chi connectivity index (χ4n) is 2.82. The average molecular weight is 359 g/mol. The normalized spacial score (nSPS) is 11.7. The monoisotopic (exact) mass is 358 g/mol. The second-order valence-corrected chi connectivity index (χ2v) is 7.59. The van der Waals surface area contributed by atoms with Crippen LogP contribution in [0.15, 0.2) is 0 Å². The molecule has 0 saturated heterocycles. The highest BCUT2D eigenvalue weighted by Gasteiger charge is 2.17. The van der Waals surface area contributed by atoms with Crippen molar-refractivity contribution in [2.75, 3.05) is 19.8 Å². The van der Waals surface area contributed by atoms with Gasteiger partial charge in [-0.25, -0.2) is 0 Å². The third-order valence-corrected chi connectivity index (χ3v) is 4.54. The van der Waals surface area contributed by atoms with E-state index < -0.39 is 0 Å². The molecule has 0 rings (SSSR count). The Morgan fingerprint density at radius 3 is 1.88 bits per heavy atom. The molecule has 0 radical (unpaired) electrons. The molecule has 0 saturated carbocycles. The maximum absolute atomic E-state index is 11.6. The molecule has 0 heterocycles. The molecule has 0 aliphatic carbocycles. The summed E-state index contributed by atoms with van der Waals surface area (Å²) in [6, 6.07) is 0. The van der Waals surface area contributed by atoms with Crippen molar-refractivity contribution in [1.29, 1.82) is 0 Å². The molecule has 0 amide bonds. The van der Waals surface area contributed by atoms with Gasteiger partial charge >= 0.3 is 5.97 Å². The number of aliphatic hydroxyl groups is 1. The third kappa shape index (κ3) is 18.0. The topological polar surface area (TPSA) is 55.8 Å². The number of unbranched alkanes of at least 4 members (excludes halogenated alkanes) is 10. The van der Waals surface area contributed by atoms with Gasteiger partial charge < -0.3 is 14.6 Å². The first-order chi connectivity index (χ1) is 12.0. The lowest BCUT2D eigenvalue weighted by atomic mass is 10.1. The SMILES string of the molecule is CCCCCCCCCCCCCC(=O)OCCOC(C)(C)CCO. The minimum absolute atomic E-state index is 0.103. The van der Waals surface area contributed by atoms with Gasteiger partial charge in [-0.05, 0) is 26.7 Å². The fraction of sp³-hybridized carbons (Fsp3) is 0.952. The molecule has 150 valence electrons. The van der Waals surface area contributed by atoms with E-state index in [0.717, 1.165) is 12.8 Å². The van der Waals surface area contributed by atoms with Crippen LogP contribution in [-0.2, 0) is 14.3 Å². The predicted molar refractivity (Wildman–Crippen MR) is 104 cm³/mol. The van der Waals surface area contributed by atoms with Crippen molar-refractivity contribution in [3.63, 3.8) is 0 Å². The minimum Gasteiger partial charge on any atom is -0.463 e. The van der Waals surface area contributed by atoms with E-state index in [9.17, 15) is 4.79 Å². The lowest BCUT2D eigenvalue weighted by Crippen LogP contribution is -2.28. The number of carbonyl (C=O) groups is 1. The van der Waals surface area contributed by atoms with E-state index in [1.807, 2.05) is 13.8 Å². The van der Waals surface area contributed by atoms with Gasteiger partial charge in [0.1, 0.15) is 6.61 Å². The number of esters is 1. The van der Waals surface area contributed by atoms with Gasteiger partial charge in [0.25, 0.3) is 0 Å². The fourth-order valence-corrected chi connectivity index (χ4v) is 2.82. The van der Waals surface area contributed by atoms with Crippen molar-refractivity contribution in [1.82, 2.24) is 0 Å². The Morgan fingerprint density at radius 1 is 0.840 bits per heavy atom. The van der Waals surface area contributed by atoms with Crippen LogP contribution in [0.1, 0.15) is 104 Å². The molecule has 0 spiro atoms. The van der Waals surface area contributed by atoms with Gasteiger partial charge in [0.2, 0.25) is 0 Å². The molecule has 25 heavy (non-hydrogen) atoms. The molecule has 0 aromatic carbocycles. The summed E-state index contributed by atoms with van der Waals surface area (Å²) in [4.78, 5) is 11.6. The van der Waals surface area contributed by atoms with E-state index >= 15 is 0 Å². The quantitative estimate of drug-likeness (QED) is 0.263. The number of carbonyl (C=O) groups excluding carboxylic acids is 1. The Labute approximate surface area is 155 Å². The second kappa shape index (κ2) is 16.8. The van der Waals surface area contributed by atoms with Crippen molar-refractivity contribution in [3.05, 3.63) is 0 Å². The highest BCUT2D eigenvalue weighted by Crippen LogP contribution is 2.14. The zero-order valence-electron chi connectivity index (χ0n) is 17.0. The third-order valence-electron chi connectivity index (χ3n) is 4.54. The van der Waals surface area contributed by atoms with Gasteiger partial charge in [0.05, 0.1) is 12.2 Å². The molecule has 0 aliphatic heterocycles. The van der Waals surface area contributed by atoms with Crippen molar-refractivity contribution in [2.45, 2.75) is 110 Å². The van der Waals surface area contributed by atoms with E-state index in [1.165, 1.54) is 57.8 Å². The number of ether oxygens (including phenoxy) is 2. The summed E-state index contributed by atoms with van der Waals surface area (Å²) in [5.74, 6) is -0.125. The highest BCUT2D eigenvalue weighted by atomic mass is 16.6. The van der Waals surface area contributed by atoms with Crippen LogP contribution in [0, 0.1) is 0 Å². The first-order valence-electron chi connectivity index (χ1n) is 10.4. The van der Waals surface area contributed by atoms with Gasteiger partial charge in [-0.1, -0.05) is 71.1 Å². The largest absolute Gasteiger partial charge is 0.463 e. The van der Waals surface area contributed by atoms with Crippen molar-refractivity contribution in [2.24, 2.45) is 0 Å². The number of hydrogen-bond donors (Lipinski definition) is 1. The molecule has 0 aromatic heterocycles. The van der Waals surface area contributed by atoms with E-state index in [-0.39, 0.29) is 18.2 Å². The number of hydrogen-bond acceptors (Lipinski definition) is 4. The van der Waals surface area contributed by atoms with E-state index in [4.69, 9.17) is 14.6 Å². The highest BCUT2D eigenvalue weighted by molar-refractivity contribution is 5.69. The van der Waals surface area contributed by atoms with Crippen molar-refractivity contribution >= 4 is 5.97 Å². The van der Waals surface area contributed by atoms with E-state index in [1.54, 1.807) is 0 Å².